The van der Waals surface area contributed by atoms with E-state index in [9.17, 15) is 4.39 Å². The summed E-state index contributed by atoms with van der Waals surface area (Å²) < 4.78 is 18.4. The quantitative estimate of drug-likeness (QED) is 0.846. The number of hydrogen-bond acceptors (Lipinski definition) is 3. The van der Waals surface area contributed by atoms with E-state index in [1.54, 1.807) is 12.3 Å². The number of furan rings is 1. The van der Waals surface area contributed by atoms with Crippen molar-refractivity contribution >= 4 is 5.69 Å². The molecule has 0 spiro atoms. The van der Waals surface area contributed by atoms with Crippen molar-refractivity contribution in [3.8, 4) is 0 Å². The van der Waals surface area contributed by atoms with Gasteiger partial charge in [0.1, 0.15) is 11.6 Å². The monoisotopic (exact) mass is 248 g/mol. The van der Waals surface area contributed by atoms with Gasteiger partial charge in [0.25, 0.3) is 0 Å². The Morgan fingerprint density at radius 2 is 1.94 bits per heavy atom. The first-order valence-corrected chi connectivity index (χ1v) is 5.81. The number of nitrogens with two attached hydrogens (primary N) is 1. The van der Waals surface area contributed by atoms with E-state index < -0.39 is 0 Å². The van der Waals surface area contributed by atoms with E-state index >= 15 is 0 Å². The summed E-state index contributed by atoms with van der Waals surface area (Å²) in [6.07, 6.45) is 1.68. The molecule has 1 aromatic heterocycles. The maximum absolute atomic E-state index is 13.1. The Labute approximate surface area is 106 Å². The van der Waals surface area contributed by atoms with Crippen molar-refractivity contribution < 1.29 is 8.81 Å². The molecule has 96 valence electrons. The summed E-state index contributed by atoms with van der Waals surface area (Å²) in [5, 5.41) is 0. The van der Waals surface area contributed by atoms with E-state index in [1.807, 2.05) is 20.0 Å². The molecule has 1 aromatic carbocycles. The number of hydrogen-bond donors (Lipinski definition) is 1. The van der Waals surface area contributed by atoms with E-state index in [-0.39, 0.29) is 5.82 Å². The van der Waals surface area contributed by atoms with Crippen LogP contribution in [0.2, 0.25) is 0 Å². The van der Waals surface area contributed by atoms with Crippen LogP contribution in [-0.4, -0.2) is 11.9 Å². The Kier molecular flexibility index (Phi) is 3.67. The van der Waals surface area contributed by atoms with E-state index in [4.69, 9.17) is 10.2 Å². The topological polar surface area (TPSA) is 42.4 Å². The van der Waals surface area contributed by atoms with Gasteiger partial charge in [-0.3, -0.25) is 4.90 Å². The van der Waals surface area contributed by atoms with Crippen molar-refractivity contribution in [3.63, 3.8) is 0 Å². The van der Waals surface area contributed by atoms with Crippen LogP contribution < -0.4 is 5.73 Å². The van der Waals surface area contributed by atoms with Crippen LogP contribution in [0, 0.1) is 12.7 Å². The molecule has 0 aliphatic carbocycles. The average Bonchev–Trinajstić information content (AvgIpc) is 2.70. The predicted molar refractivity (Wildman–Crippen MR) is 69.4 cm³/mol. The zero-order chi connectivity index (χ0) is 13.1. The molecule has 2 N–H and O–H groups in total. The summed E-state index contributed by atoms with van der Waals surface area (Å²) >= 11 is 0. The lowest BCUT2D eigenvalue weighted by Crippen LogP contribution is -2.18. The standard InChI is InChI=1S/C14H17FN2O/c1-10-11(5-6-18-10)8-17(2)9-12-7-13(15)3-4-14(12)16/h3-7H,8-9,16H2,1-2H3. The van der Waals surface area contributed by atoms with Crippen LogP contribution in [0.3, 0.4) is 0 Å². The van der Waals surface area contributed by atoms with E-state index in [2.05, 4.69) is 4.90 Å². The summed E-state index contributed by atoms with van der Waals surface area (Å²) in [7, 11) is 1.97. The maximum atomic E-state index is 13.1. The second-order valence-electron chi connectivity index (χ2n) is 4.52. The van der Waals surface area contributed by atoms with Crippen molar-refractivity contribution in [3.05, 3.63) is 53.2 Å². The first-order valence-electron chi connectivity index (χ1n) is 5.81. The molecule has 3 nitrogen and oxygen atoms in total. The normalized spacial score (nSPS) is 11.1. The van der Waals surface area contributed by atoms with E-state index in [0.29, 0.717) is 12.2 Å². The Bertz CT molecular complexity index is 536. The molecule has 0 aliphatic rings. The van der Waals surface area contributed by atoms with Crippen LogP contribution in [0.25, 0.3) is 0 Å². The molecule has 0 saturated carbocycles. The van der Waals surface area contributed by atoms with Gasteiger partial charge in [0, 0.05) is 24.3 Å². The third-order valence-electron chi connectivity index (χ3n) is 2.95. The van der Waals surface area contributed by atoms with Gasteiger partial charge in [-0.05, 0) is 43.8 Å². The van der Waals surface area contributed by atoms with E-state index in [0.717, 1.165) is 23.4 Å². The highest BCUT2D eigenvalue weighted by atomic mass is 19.1. The lowest BCUT2D eigenvalue weighted by molar-refractivity contribution is 0.316. The minimum atomic E-state index is -0.257. The molecule has 2 rings (SSSR count). The fraction of sp³-hybridized carbons (Fsp3) is 0.286. The Morgan fingerprint density at radius 3 is 2.61 bits per heavy atom. The number of benzene rings is 1. The fourth-order valence-corrected chi connectivity index (χ4v) is 1.92. The third kappa shape index (κ3) is 2.90. The van der Waals surface area contributed by atoms with Gasteiger partial charge in [0.15, 0.2) is 0 Å². The highest BCUT2D eigenvalue weighted by Crippen LogP contribution is 2.17. The molecule has 2 aromatic rings. The SMILES string of the molecule is Cc1occc1CN(C)Cc1cc(F)ccc1N. The van der Waals surface area contributed by atoms with Crippen LogP contribution in [0.4, 0.5) is 10.1 Å². The van der Waals surface area contributed by atoms with Gasteiger partial charge in [-0.15, -0.1) is 0 Å². The summed E-state index contributed by atoms with van der Waals surface area (Å²) in [6, 6.07) is 6.40. The Morgan fingerprint density at radius 1 is 1.22 bits per heavy atom. The minimum absolute atomic E-state index is 0.257. The lowest BCUT2D eigenvalue weighted by atomic mass is 10.1. The average molecular weight is 248 g/mol. The molecule has 1 heterocycles. The van der Waals surface area contributed by atoms with Gasteiger partial charge in [0.2, 0.25) is 0 Å². The molecule has 0 aliphatic heterocycles. The summed E-state index contributed by atoms with van der Waals surface area (Å²) in [4.78, 5) is 2.07. The predicted octanol–water partition coefficient (Wildman–Crippen LogP) is 2.94. The highest BCUT2D eigenvalue weighted by Gasteiger charge is 2.08. The van der Waals surface area contributed by atoms with Crippen molar-refractivity contribution in [1.82, 2.24) is 4.90 Å². The van der Waals surface area contributed by atoms with Crippen molar-refractivity contribution in [1.29, 1.82) is 0 Å². The first kappa shape index (κ1) is 12.6. The molecule has 0 atom stereocenters. The first-order chi connectivity index (χ1) is 8.56. The van der Waals surface area contributed by atoms with Crippen LogP contribution in [0.1, 0.15) is 16.9 Å². The van der Waals surface area contributed by atoms with Gasteiger partial charge in [-0.25, -0.2) is 4.39 Å². The molecular weight excluding hydrogens is 231 g/mol. The molecule has 0 fully saturated rings. The molecule has 0 unspecified atom stereocenters. The Balaban J connectivity index is 2.05. The van der Waals surface area contributed by atoms with Gasteiger partial charge in [-0.1, -0.05) is 0 Å². The largest absolute Gasteiger partial charge is 0.469 e. The molecule has 0 amide bonds. The van der Waals surface area contributed by atoms with Gasteiger partial charge >= 0.3 is 0 Å². The fourth-order valence-electron chi connectivity index (χ4n) is 1.92. The number of halogens is 1. The Hall–Kier alpha value is -1.81. The van der Waals surface area contributed by atoms with Gasteiger partial charge in [0.05, 0.1) is 6.26 Å². The summed E-state index contributed by atoms with van der Waals surface area (Å²) in [6.45, 7) is 3.28. The van der Waals surface area contributed by atoms with Gasteiger partial charge in [-0.2, -0.15) is 0 Å². The van der Waals surface area contributed by atoms with Crippen LogP contribution in [-0.2, 0) is 13.1 Å². The molecule has 18 heavy (non-hydrogen) atoms. The van der Waals surface area contributed by atoms with Crippen LogP contribution >= 0.6 is 0 Å². The molecule has 0 radical (unpaired) electrons. The third-order valence-corrected chi connectivity index (χ3v) is 2.95. The highest BCUT2D eigenvalue weighted by molar-refractivity contribution is 5.46. The number of aryl methyl sites for hydroxylation is 1. The summed E-state index contributed by atoms with van der Waals surface area (Å²) in [5.41, 5.74) is 8.38. The van der Waals surface area contributed by atoms with Gasteiger partial charge < -0.3 is 10.2 Å². The zero-order valence-electron chi connectivity index (χ0n) is 10.6. The zero-order valence-corrected chi connectivity index (χ0v) is 10.6. The second-order valence-corrected chi connectivity index (χ2v) is 4.52. The summed E-state index contributed by atoms with van der Waals surface area (Å²) in [5.74, 6) is 0.654. The van der Waals surface area contributed by atoms with Crippen molar-refractivity contribution in [2.24, 2.45) is 0 Å². The van der Waals surface area contributed by atoms with E-state index in [1.165, 1.54) is 12.1 Å². The molecule has 0 saturated heterocycles. The van der Waals surface area contributed by atoms with Crippen LogP contribution in [0.5, 0.6) is 0 Å². The van der Waals surface area contributed by atoms with Crippen molar-refractivity contribution in [2.45, 2.75) is 20.0 Å². The second kappa shape index (κ2) is 5.23. The van der Waals surface area contributed by atoms with Crippen molar-refractivity contribution in [2.75, 3.05) is 12.8 Å². The molecular formula is C14H17FN2O. The number of rotatable bonds is 4. The molecule has 4 heteroatoms. The minimum Gasteiger partial charge on any atom is -0.469 e. The maximum Gasteiger partial charge on any atom is 0.123 e. The smallest absolute Gasteiger partial charge is 0.123 e. The number of nitrogen functional groups attached to an aromatic ring is 1. The number of nitrogens with zero attached hydrogens (tertiary/aromatic N) is 1. The van der Waals surface area contributed by atoms with Crippen LogP contribution in [0.15, 0.2) is 34.9 Å². The lowest BCUT2D eigenvalue weighted by Gasteiger charge is -2.17. The number of anilines is 1. The molecule has 0 bridgehead atoms.